The van der Waals surface area contributed by atoms with Crippen LogP contribution in [0.15, 0.2) is 12.2 Å². The molecule has 0 saturated carbocycles. The molecular formula is C60H117NO5. The van der Waals surface area contributed by atoms with Crippen LogP contribution < -0.4 is 5.32 Å². The lowest BCUT2D eigenvalue weighted by atomic mass is 10.0. The third-order valence-electron chi connectivity index (χ3n) is 14.1. The zero-order chi connectivity index (χ0) is 47.9. The van der Waals surface area contributed by atoms with E-state index < -0.39 is 12.1 Å². The van der Waals surface area contributed by atoms with Gasteiger partial charge in [0.05, 0.1) is 25.4 Å². The van der Waals surface area contributed by atoms with E-state index >= 15 is 0 Å². The van der Waals surface area contributed by atoms with Gasteiger partial charge in [-0.1, -0.05) is 302 Å². The van der Waals surface area contributed by atoms with Crippen molar-refractivity contribution in [3.05, 3.63) is 12.2 Å². The lowest BCUT2D eigenvalue weighted by Crippen LogP contribution is -2.45. The summed E-state index contributed by atoms with van der Waals surface area (Å²) in [7, 11) is 0. The second kappa shape index (κ2) is 56.2. The number of hydrogen-bond donors (Lipinski definition) is 3. The van der Waals surface area contributed by atoms with Crippen LogP contribution in [-0.4, -0.2) is 47.4 Å². The summed E-state index contributed by atoms with van der Waals surface area (Å²) in [5, 5.41) is 23.2. The van der Waals surface area contributed by atoms with Crippen LogP contribution >= 0.6 is 0 Å². The first-order chi connectivity index (χ1) is 32.5. The Labute approximate surface area is 412 Å². The number of nitrogens with one attached hydrogen (secondary N) is 1. The summed E-state index contributed by atoms with van der Waals surface area (Å²) in [4.78, 5) is 24.5. The van der Waals surface area contributed by atoms with Crippen molar-refractivity contribution in [2.45, 2.75) is 347 Å². The van der Waals surface area contributed by atoms with E-state index in [1.807, 2.05) is 6.08 Å². The molecule has 2 atom stereocenters. The molecule has 6 heteroatoms. The molecule has 0 aromatic carbocycles. The number of amides is 1. The number of rotatable bonds is 56. The number of esters is 1. The number of unbranched alkanes of at least 4 members (excludes halogenated alkanes) is 45. The standard InChI is InChI=1S/C60H117NO5/c1-3-5-7-9-11-13-15-17-19-20-21-25-28-32-36-40-44-48-52-58(63)57(56-62)61-59(64)53-49-45-41-37-33-29-26-22-23-27-31-35-39-43-47-51-55-66-60(65)54-50-46-42-38-34-30-24-18-16-14-12-10-8-6-4-2/h48,52,57-58,62-63H,3-47,49-51,53-56H2,1-2H3,(H,61,64)/b52-48+. The predicted molar refractivity (Wildman–Crippen MR) is 287 cm³/mol. The molecular weight excluding hydrogens is 815 g/mol. The number of carbonyl (C=O) groups excluding carboxylic acids is 2. The Bertz CT molecular complexity index is 986. The van der Waals surface area contributed by atoms with Crippen LogP contribution in [0.3, 0.4) is 0 Å². The lowest BCUT2D eigenvalue weighted by molar-refractivity contribution is -0.143. The molecule has 0 aliphatic carbocycles. The number of carbonyl (C=O) groups is 2. The molecule has 1 amide bonds. The molecule has 0 aliphatic heterocycles. The maximum absolute atomic E-state index is 12.5. The number of aliphatic hydroxyl groups is 2. The average Bonchev–Trinajstić information content (AvgIpc) is 3.32. The van der Waals surface area contributed by atoms with Gasteiger partial charge >= 0.3 is 5.97 Å². The van der Waals surface area contributed by atoms with E-state index in [-0.39, 0.29) is 18.5 Å². The number of hydrogen-bond acceptors (Lipinski definition) is 5. The molecule has 0 aromatic heterocycles. The summed E-state index contributed by atoms with van der Waals surface area (Å²) in [5.41, 5.74) is 0. The van der Waals surface area contributed by atoms with Gasteiger partial charge in [-0.3, -0.25) is 9.59 Å². The maximum atomic E-state index is 12.5. The van der Waals surface area contributed by atoms with Crippen molar-refractivity contribution in [1.29, 1.82) is 0 Å². The Balaban J connectivity index is 3.44. The fourth-order valence-corrected chi connectivity index (χ4v) is 9.46. The lowest BCUT2D eigenvalue weighted by Gasteiger charge is -2.20. The monoisotopic (exact) mass is 932 g/mol. The van der Waals surface area contributed by atoms with Gasteiger partial charge in [0.2, 0.25) is 5.91 Å². The first-order valence-electron chi connectivity index (χ1n) is 30.0. The highest BCUT2D eigenvalue weighted by atomic mass is 16.5. The van der Waals surface area contributed by atoms with Crippen molar-refractivity contribution < 1.29 is 24.5 Å². The predicted octanol–water partition coefficient (Wildman–Crippen LogP) is 18.5. The van der Waals surface area contributed by atoms with E-state index in [1.54, 1.807) is 6.08 Å². The molecule has 0 radical (unpaired) electrons. The molecule has 66 heavy (non-hydrogen) atoms. The first-order valence-corrected chi connectivity index (χ1v) is 30.0. The highest BCUT2D eigenvalue weighted by Crippen LogP contribution is 2.18. The van der Waals surface area contributed by atoms with Gasteiger partial charge in [0.15, 0.2) is 0 Å². The van der Waals surface area contributed by atoms with Crippen LogP contribution in [0.1, 0.15) is 335 Å². The van der Waals surface area contributed by atoms with Gasteiger partial charge in [0.25, 0.3) is 0 Å². The van der Waals surface area contributed by atoms with Crippen LogP contribution in [0.25, 0.3) is 0 Å². The molecule has 3 N–H and O–H groups in total. The minimum absolute atomic E-state index is 0.00578. The van der Waals surface area contributed by atoms with Crippen LogP contribution in [0.4, 0.5) is 0 Å². The maximum Gasteiger partial charge on any atom is 0.305 e. The summed E-state index contributed by atoms with van der Waals surface area (Å²) in [6.45, 7) is 4.92. The first kappa shape index (κ1) is 64.6. The van der Waals surface area contributed by atoms with Gasteiger partial charge in [-0.15, -0.1) is 0 Å². The Kier molecular flexibility index (Phi) is 55.0. The van der Waals surface area contributed by atoms with E-state index in [0.29, 0.717) is 19.4 Å². The third-order valence-corrected chi connectivity index (χ3v) is 14.1. The summed E-state index contributed by atoms with van der Waals surface area (Å²) in [6, 6.07) is -0.632. The molecule has 6 nitrogen and oxygen atoms in total. The highest BCUT2D eigenvalue weighted by molar-refractivity contribution is 5.76. The molecule has 0 bridgehead atoms. The number of ether oxygens (including phenoxy) is 1. The second-order valence-electron chi connectivity index (χ2n) is 20.7. The van der Waals surface area contributed by atoms with E-state index in [9.17, 15) is 19.8 Å². The van der Waals surface area contributed by atoms with E-state index in [1.165, 1.54) is 263 Å². The molecule has 0 rings (SSSR count). The van der Waals surface area contributed by atoms with Crippen molar-refractivity contribution in [2.24, 2.45) is 0 Å². The SMILES string of the molecule is CCCCCCCCCCCCCCCCCC/C=C/C(O)C(CO)NC(=O)CCCCCCCCCCCCCCCCCCOC(=O)CCCCCCCCCCCCCCCCC. The summed E-state index contributed by atoms with van der Waals surface area (Å²) in [5.74, 6) is -0.0659. The van der Waals surface area contributed by atoms with Gasteiger partial charge < -0.3 is 20.3 Å². The number of allylic oxidation sites excluding steroid dienone is 1. The van der Waals surface area contributed by atoms with Gasteiger partial charge in [0.1, 0.15) is 0 Å². The summed E-state index contributed by atoms with van der Waals surface area (Å²) in [6.07, 6.45) is 66.6. The van der Waals surface area contributed by atoms with E-state index in [2.05, 4.69) is 19.2 Å². The van der Waals surface area contributed by atoms with Crippen LogP contribution in [0.2, 0.25) is 0 Å². The largest absolute Gasteiger partial charge is 0.466 e. The molecule has 0 spiro atoms. The molecule has 0 saturated heterocycles. The van der Waals surface area contributed by atoms with E-state index in [4.69, 9.17) is 4.74 Å². The fraction of sp³-hybridized carbons (Fsp3) is 0.933. The molecule has 2 unspecified atom stereocenters. The van der Waals surface area contributed by atoms with Crippen LogP contribution in [0.5, 0.6) is 0 Å². The van der Waals surface area contributed by atoms with Crippen molar-refractivity contribution in [2.75, 3.05) is 13.2 Å². The van der Waals surface area contributed by atoms with Crippen molar-refractivity contribution in [1.82, 2.24) is 5.32 Å². The third kappa shape index (κ3) is 52.0. The van der Waals surface area contributed by atoms with Gasteiger partial charge in [-0.05, 0) is 32.1 Å². The smallest absolute Gasteiger partial charge is 0.305 e. The minimum atomic E-state index is -0.848. The van der Waals surface area contributed by atoms with Gasteiger partial charge in [-0.25, -0.2) is 0 Å². The Hall–Kier alpha value is -1.40. The van der Waals surface area contributed by atoms with Crippen LogP contribution in [0, 0.1) is 0 Å². The Morgan fingerprint density at radius 3 is 1.03 bits per heavy atom. The zero-order valence-electron chi connectivity index (χ0n) is 44.7. The van der Waals surface area contributed by atoms with Crippen molar-refractivity contribution in [3.8, 4) is 0 Å². The number of aliphatic hydroxyl groups excluding tert-OH is 2. The minimum Gasteiger partial charge on any atom is -0.466 e. The Morgan fingerprint density at radius 2 is 0.697 bits per heavy atom. The topological polar surface area (TPSA) is 95.9 Å². The molecule has 0 heterocycles. The molecule has 0 aromatic rings. The van der Waals surface area contributed by atoms with Gasteiger partial charge in [-0.2, -0.15) is 0 Å². The fourth-order valence-electron chi connectivity index (χ4n) is 9.46. The molecule has 0 aliphatic rings. The zero-order valence-corrected chi connectivity index (χ0v) is 44.7. The Morgan fingerprint density at radius 1 is 0.409 bits per heavy atom. The average molecular weight is 933 g/mol. The van der Waals surface area contributed by atoms with Crippen molar-refractivity contribution in [3.63, 3.8) is 0 Å². The van der Waals surface area contributed by atoms with Crippen LogP contribution in [-0.2, 0) is 14.3 Å². The van der Waals surface area contributed by atoms with Crippen molar-refractivity contribution >= 4 is 11.9 Å². The second-order valence-corrected chi connectivity index (χ2v) is 20.7. The van der Waals surface area contributed by atoms with E-state index in [0.717, 1.165) is 44.9 Å². The highest BCUT2D eigenvalue weighted by Gasteiger charge is 2.18. The quantitative estimate of drug-likeness (QED) is 0.0321. The molecule has 392 valence electrons. The van der Waals surface area contributed by atoms with Gasteiger partial charge in [0, 0.05) is 12.8 Å². The normalized spacial score (nSPS) is 12.6. The molecule has 0 fully saturated rings. The summed E-state index contributed by atoms with van der Waals surface area (Å²) >= 11 is 0. The summed E-state index contributed by atoms with van der Waals surface area (Å²) < 4.78 is 5.48.